The van der Waals surface area contributed by atoms with Crippen molar-refractivity contribution < 1.29 is 8.84 Å². The van der Waals surface area contributed by atoms with Gasteiger partial charge in [-0.2, -0.15) is 0 Å². The van der Waals surface area contributed by atoms with Crippen molar-refractivity contribution in [3.05, 3.63) is 36.3 Å². The van der Waals surface area contributed by atoms with E-state index >= 15 is 0 Å². The lowest BCUT2D eigenvalue weighted by atomic mass is 9.47. The van der Waals surface area contributed by atoms with E-state index in [-0.39, 0.29) is 6.10 Å². The van der Waals surface area contributed by atoms with Crippen molar-refractivity contribution in [3.63, 3.8) is 0 Å². The SMILES string of the molecule is C=C1CC[C@H]2C(C)(C)CCC[C@]2(C)[C@@H]1C[C@@H](O[Si](C(C)C)(C(C)C)C(C)C)c1ccoc1. The summed E-state index contributed by atoms with van der Waals surface area (Å²) in [4.78, 5) is 0. The molecule has 1 heterocycles. The highest BCUT2D eigenvalue weighted by atomic mass is 28.4. The minimum Gasteiger partial charge on any atom is -0.472 e. The van der Waals surface area contributed by atoms with E-state index in [1.54, 1.807) is 0 Å². The zero-order valence-corrected chi connectivity index (χ0v) is 23.5. The summed E-state index contributed by atoms with van der Waals surface area (Å²) >= 11 is 0. The Morgan fingerprint density at radius 2 is 1.69 bits per heavy atom. The number of hydrogen-bond acceptors (Lipinski definition) is 2. The van der Waals surface area contributed by atoms with E-state index in [2.05, 4.69) is 75.0 Å². The van der Waals surface area contributed by atoms with Gasteiger partial charge in [0.2, 0.25) is 8.32 Å². The lowest BCUT2D eigenvalue weighted by Gasteiger charge is -2.58. The van der Waals surface area contributed by atoms with E-state index in [9.17, 15) is 0 Å². The van der Waals surface area contributed by atoms with Gasteiger partial charge < -0.3 is 8.84 Å². The predicted octanol–water partition coefficient (Wildman–Crippen LogP) is 9.70. The van der Waals surface area contributed by atoms with Gasteiger partial charge in [0, 0.05) is 5.56 Å². The van der Waals surface area contributed by atoms with E-state index in [0.717, 1.165) is 12.3 Å². The lowest BCUT2D eigenvalue weighted by molar-refractivity contribution is -0.0630. The second kappa shape index (κ2) is 9.45. The molecule has 0 bridgehead atoms. The van der Waals surface area contributed by atoms with Crippen LogP contribution >= 0.6 is 0 Å². The summed E-state index contributed by atoms with van der Waals surface area (Å²) in [5.41, 5.74) is 5.14. The maximum Gasteiger partial charge on any atom is 0.201 e. The average Bonchev–Trinajstić information content (AvgIpc) is 3.20. The first kappa shape index (κ1) is 25.8. The van der Waals surface area contributed by atoms with Gasteiger partial charge in [0.1, 0.15) is 0 Å². The van der Waals surface area contributed by atoms with Gasteiger partial charge in [0.05, 0.1) is 18.6 Å². The van der Waals surface area contributed by atoms with Crippen LogP contribution in [0.2, 0.25) is 16.6 Å². The van der Waals surface area contributed by atoms with Crippen LogP contribution in [0.15, 0.2) is 35.2 Å². The Hall–Kier alpha value is -0.803. The quantitative estimate of drug-likeness (QED) is 0.286. The molecule has 0 aromatic carbocycles. The van der Waals surface area contributed by atoms with Crippen LogP contribution in [0.25, 0.3) is 0 Å². The van der Waals surface area contributed by atoms with Gasteiger partial charge in [0.25, 0.3) is 0 Å². The highest BCUT2D eigenvalue weighted by Gasteiger charge is 2.54. The van der Waals surface area contributed by atoms with Crippen LogP contribution in [-0.4, -0.2) is 8.32 Å². The van der Waals surface area contributed by atoms with Crippen LogP contribution in [0, 0.1) is 22.7 Å². The van der Waals surface area contributed by atoms with Crippen molar-refractivity contribution in [1.82, 2.24) is 0 Å². The summed E-state index contributed by atoms with van der Waals surface area (Å²) in [7, 11) is -2.02. The van der Waals surface area contributed by atoms with Gasteiger partial charge in [-0.05, 0) is 77.5 Å². The molecule has 0 saturated heterocycles. The second-order valence-corrected chi connectivity index (χ2v) is 18.3. The molecule has 2 fully saturated rings. The van der Waals surface area contributed by atoms with Crippen molar-refractivity contribution in [1.29, 1.82) is 0 Å². The normalized spacial score (nSPS) is 29.6. The van der Waals surface area contributed by atoms with Gasteiger partial charge in [-0.25, -0.2) is 0 Å². The fourth-order valence-corrected chi connectivity index (χ4v) is 13.8. The molecule has 4 atom stereocenters. The third-order valence-electron chi connectivity index (χ3n) is 9.74. The van der Waals surface area contributed by atoms with Crippen LogP contribution < -0.4 is 0 Å². The van der Waals surface area contributed by atoms with Gasteiger partial charge >= 0.3 is 0 Å². The van der Waals surface area contributed by atoms with Crippen molar-refractivity contribution in [2.45, 2.75) is 124 Å². The van der Waals surface area contributed by atoms with Gasteiger partial charge in [-0.15, -0.1) is 0 Å². The maximum atomic E-state index is 7.43. The third-order valence-corrected chi connectivity index (χ3v) is 15.8. The summed E-state index contributed by atoms with van der Waals surface area (Å²) in [6, 6.07) is 2.14. The predicted molar refractivity (Wildman–Crippen MR) is 139 cm³/mol. The molecule has 32 heavy (non-hydrogen) atoms. The smallest absolute Gasteiger partial charge is 0.201 e. The molecule has 2 saturated carbocycles. The first-order chi connectivity index (χ1) is 14.9. The number of hydrogen-bond donors (Lipinski definition) is 0. The summed E-state index contributed by atoms with van der Waals surface area (Å²) < 4.78 is 13.0. The molecule has 0 unspecified atom stereocenters. The largest absolute Gasteiger partial charge is 0.472 e. The first-order valence-electron chi connectivity index (χ1n) is 13.2. The summed E-state index contributed by atoms with van der Waals surface area (Å²) in [5.74, 6) is 1.28. The minimum atomic E-state index is -2.02. The summed E-state index contributed by atoms with van der Waals surface area (Å²) in [6.45, 7) is 26.6. The molecule has 0 amide bonds. The summed E-state index contributed by atoms with van der Waals surface area (Å²) in [5, 5.41) is 0. The van der Waals surface area contributed by atoms with Gasteiger partial charge in [-0.3, -0.25) is 0 Å². The third kappa shape index (κ3) is 4.45. The molecule has 0 aliphatic heterocycles. The average molecular weight is 459 g/mol. The Morgan fingerprint density at radius 3 is 2.22 bits per heavy atom. The van der Waals surface area contributed by atoms with E-state index in [1.807, 2.05) is 12.5 Å². The molecule has 2 nitrogen and oxygen atoms in total. The van der Waals surface area contributed by atoms with Crippen LogP contribution in [0.3, 0.4) is 0 Å². The monoisotopic (exact) mass is 458 g/mol. The zero-order chi connectivity index (χ0) is 23.9. The van der Waals surface area contributed by atoms with E-state index < -0.39 is 8.32 Å². The number of allylic oxidation sites excluding steroid dienone is 1. The molecule has 0 spiro atoms. The van der Waals surface area contributed by atoms with Crippen molar-refractivity contribution in [3.8, 4) is 0 Å². The Morgan fingerprint density at radius 1 is 1.06 bits per heavy atom. The fourth-order valence-electron chi connectivity index (χ4n) is 8.29. The molecule has 3 rings (SSSR count). The van der Waals surface area contributed by atoms with Crippen LogP contribution in [0.5, 0.6) is 0 Å². The Bertz CT molecular complexity index is 738. The molecule has 1 aromatic rings. The number of fused-ring (bicyclic) bond motifs is 1. The molecular formula is C29H50O2Si. The lowest BCUT2D eigenvalue weighted by Crippen LogP contribution is -2.51. The molecule has 1 aromatic heterocycles. The van der Waals surface area contributed by atoms with E-state index in [4.69, 9.17) is 8.84 Å². The first-order valence-corrected chi connectivity index (χ1v) is 15.4. The minimum absolute atomic E-state index is 0.0926. The maximum absolute atomic E-state index is 7.43. The van der Waals surface area contributed by atoms with Crippen LogP contribution in [0.1, 0.15) is 113 Å². The Kier molecular flexibility index (Phi) is 7.62. The molecular weight excluding hydrogens is 408 g/mol. The van der Waals surface area contributed by atoms with Gasteiger partial charge in [0.15, 0.2) is 0 Å². The molecule has 0 N–H and O–H groups in total. The number of furan rings is 1. The zero-order valence-electron chi connectivity index (χ0n) is 22.5. The highest BCUT2D eigenvalue weighted by Crippen LogP contribution is 2.62. The topological polar surface area (TPSA) is 22.4 Å². The van der Waals surface area contributed by atoms with Crippen molar-refractivity contribution in [2.75, 3.05) is 0 Å². The van der Waals surface area contributed by atoms with Crippen molar-refractivity contribution >= 4 is 8.32 Å². The van der Waals surface area contributed by atoms with Crippen molar-refractivity contribution in [2.24, 2.45) is 22.7 Å². The Labute approximate surface area is 199 Å². The molecule has 2 aliphatic carbocycles. The van der Waals surface area contributed by atoms with E-state index in [1.165, 1.54) is 43.2 Å². The van der Waals surface area contributed by atoms with Crippen LogP contribution in [0.4, 0.5) is 0 Å². The van der Waals surface area contributed by atoms with Gasteiger partial charge in [-0.1, -0.05) is 80.9 Å². The standard InChI is InChI=1S/C29H50O2Si/c1-20(2)32(21(3)4,22(5)6)31-26(24-14-17-30-19-24)18-25-23(7)12-13-27-28(8,9)15-11-16-29(25,27)10/h14,17,19-22,25-27H,7,11-13,15-16,18H2,1-6,8-10H3/t25-,26-,27+,29-/m1/s1. The molecule has 2 aliphatic rings. The Balaban J connectivity index is 1.99. The fraction of sp³-hybridized carbons (Fsp3) is 0.793. The van der Waals surface area contributed by atoms with Crippen LogP contribution in [-0.2, 0) is 4.43 Å². The molecule has 0 radical (unpaired) electrons. The molecule has 182 valence electrons. The number of rotatable bonds is 8. The highest BCUT2D eigenvalue weighted by molar-refractivity contribution is 6.77. The van der Waals surface area contributed by atoms with E-state index in [0.29, 0.717) is 33.4 Å². The second-order valence-electron chi connectivity index (χ2n) is 12.9. The summed E-state index contributed by atoms with van der Waals surface area (Å²) in [6.07, 6.45) is 11.4. The molecule has 3 heteroatoms.